The van der Waals surface area contributed by atoms with Gasteiger partial charge in [-0.25, -0.2) is 5.84 Å². The van der Waals surface area contributed by atoms with Crippen molar-refractivity contribution < 1.29 is 14.2 Å². The highest BCUT2D eigenvalue weighted by Gasteiger charge is 2.51. The Balaban J connectivity index is 2.17. The Morgan fingerprint density at radius 1 is 1.37 bits per heavy atom. The van der Waals surface area contributed by atoms with Gasteiger partial charge in [0.25, 0.3) is 0 Å². The highest BCUT2D eigenvalue weighted by atomic mass is 16.5. The van der Waals surface area contributed by atoms with Gasteiger partial charge in [-0.05, 0) is 65.1 Å². The van der Waals surface area contributed by atoms with Crippen LogP contribution >= 0.6 is 0 Å². The van der Waals surface area contributed by atoms with Crippen molar-refractivity contribution in [1.82, 2.24) is 5.01 Å². The van der Waals surface area contributed by atoms with Gasteiger partial charge in [-0.1, -0.05) is 32.3 Å². The lowest BCUT2D eigenvalue weighted by molar-refractivity contribution is -0.133. The minimum atomic E-state index is -0.533. The number of nitrogens with two attached hydrogens (primary N) is 2. The first kappa shape index (κ1) is 24.8. The third-order valence-corrected chi connectivity index (χ3v) is 7.34. The summed E-state index contributed by atoms with van der Waals surface area (Å²) in [5.74, 6) is 6.74. The second-order valence-corrected chi connectivity index (χ2v) is 10.4. The van der Waals surface area contributed by atoms with Gasteiger partial charge in [0.05, 0.1) is 17.2 Å². The molecule has 6 nitrogen and oxygen atoms in total. The Kier molecular flexibility index (Phi) is 7.73. The van der Waals surface area contributed by atoms with Crippen LogP contribution in [-0.4, -0.2) is 36.0 Å². The van der Waals surface area contributed by atoms with Crippen molar-refractivity contribution >= 4 is 12.7 Å². The summed E-state index contributed by atoms with van der Waals surface area (Å²) < 4.78 is 12.4. The molecule has 2 aliphatic rings. The molecule has 0 amide bonds. The summed E-state index contributed by atoms with van der Waals surface area (Å²) in [5, 5.41) is 1.50. The summed E-state index contributed by atoms with van der Waals surface area (Å²) in [6.45, 7) is 15.3. The van der Waals surface area contributed by atoms with Gasteiger partial charge in [0.1, 0.15) is 12.4 Å². The fourth-order valence-corrected chi connectivity index (χ4v) is 4.31. The molecule has 1 atom stereocenters. The predicted molar refractivity (Wildman–Crippen MR) is 123 cm³/mol. The van der Waals surface area contributed by atoms with Gasteiger partial charge in [-0.2, -0.15) is 0 Å². The Hall–Kier alpha value is -1.47. The van der Waals surface area contributed by atoms with Crippen molar-refractivity contribution in [2.45, 2.75) is 98.5 Å². The molecule has 0 saturated carbocycles. The number of nitrogens with zero attached hydrogens (tertiary/aromatic N) is 1. The average molecular weight is 419 g/mol. The van der Waals surface area contributed by atoms with Crippen LogP contribution < -0.4 is 11.6 Å². The Morgan fingerprint density at radius 2 is 2.03 bits per heavy atom. The second kappa shape index (κ2) is 9.35. The molecule has 7 heteroatoms. The normalized spacial score (nSPS) is 26.0. The fourth-order valence-electron chi connectivity index (χ4n) is 4.31. The first-order valence-corrected chi connectivity index (χ1v) is 11.4. The van der Waals surface area contributed by atoms with Gasteiger partial charge < -0.3 is 15.1 Å². The van der Waals surface area contributed by atoms with E-state index >= 15 is 0 Å². The van der Waals surface area contributed by atoms with Crippen LogP contribution in [0.25, 0.3) is 0 Å². The molecule has 4 N–H and O–H groups in total. The van der Waals surface area contributed by atoms with Crippen molar-refractivity contribution in [2.24, 2.45) is 22.4 Å². The lowest BCUT2D eigenvalue weighted by Gasteiger charge is -2.37. The van der Waals surface area contributed by atoms with Crippen molar-refractivity contribution in [3.05, 3.63) is 23.6 Å². The summed E-state index contributed by atoms with van der Waals surface area (Å²) in [5.41, 5.74) is 6.50. The van der Waals surface area contributed by atoms with E-state index in [1.54, 1.807) is 0 Å². The molecule has 30 heavy (non-hydrogen) atoms. The molecule has 1 aliphatic heterocycles. The zero-order valence-corrected chi connectivity index (χ0v) is 20.1. The molecule has 0 aromatic rings. The van der Waals surface area contributed by atoms with Gasteiger partial charge in [-0.3, -0.25) is 9.80 Å². The number of hydrogen-bond acceptors (Lipinski definition) is 6. The lowest BCUT2D eigenvalue weighted by atomic mass is 9.50. The first-order valence-electron chi connectivity index (χ1n) is 11.4. The minimum absolute atomic E-state index is 0.0474. The Labute approximate surface area is 183 Å². The van der Waals surface area contributed by atoms with Crippen molar-refractivity contribution in [1.29, 1.82) is 0 Å². The summed E-state index contributed by atoms with van der Waals surface area (Å²) >= 11 is 0. The van der Waals surface area contributed by atoms with Gasteiger partial charge in [0.2, 0.25) is 5.88 Å². The Morgan fingerprint density at radius 3 is 2.47 bits per heavy atom. The molecule has 1 saturated heterocycles. The van der Waals surface area contributed by atoms with Crippen LogP contribution in [0.5, 0.6) is 0 Å². The van der Waals surface area contributed by atoms with Crippen LogP contribution in [0.3, 0.4) is 0 Å². The SMILES string of the molecule is CCCC(=O)C1(CO/C(=C/N)N(N)C(C)C)CC=C(B2CC(C)(C)C(C)(C)O2)CC1. The van der Waals surface area contributed by atoms with E-state index < -0.39 is 5.41 Å². The molecule has 0 aromatic heterocycles. The third-order valence-electron chi connectivity index (χ3n) is 7.34. The number of allylic oxidation sites excluding steroid dienone is 2. The van der Waals surface area contributed by atoms with E-state index in [4.69, 9.17) is 21.0 Å². The van der Waals surface area contributed by atoms with Crippen LogP contribution in [0.1, 0.15) is 80.6 Å². The molecular weight excluding hydrogens is 377 g/mol. The number of carbonyl (C=O) groups excluding carboxylic acids is 1. The average Bonchev–Trinajstić information content (AvgIpc) is 2.89. The van der Waals surface area contributed by atoms with Gasteiger partial charge >= 0.3 is 6.92 Å². The first-order chi connectivity index (χ1) is 13.9. The monoisotopic (exact) mass is 419 g/mol. The molecular formula is C23H42BN3O3. The van der Waals surface area contributed by atoms with E-state index in [1.807, 2.05) is 20.8 Å². The molecule has 1 unspecified atom stereocenters. The fraction of sp³-hybridized carbons (Fsp3) is 0.783. The second-order valence-electron chi connectivity index (χ2n) is 10.4. The van der Waals surface area contributed by atoms with Crippen LogP contribution in [-0.2, 0) is 14.2 Å². The summed E-state index contributed by atoms with van der Waals surface area (Å²) in [6, 6.07) is 0.0474. The molecule has 0 aromatic carbocycles. The zero-order valence-electron chi connectivity index (χ0n) is 20.1. The Bertz CT molecular complexity index is 671. The maximum atomic E-state index is 13.1. The summed E-state index contributed by atoms with van der Waals surface area (Å²) in [4.78, 5) is 13.1. The maximum absolute atomic E-state index is 13.1. The topological polar surface area (TPSA) is 90.8 Å². The molecule has 1 aliphatic carbocycles. The molecule has 1 heterocycles. The van der Waals surface area contributed by atoms with Crippen molar-refractivity contribution in [3.63, 3.8) is 0 Å². The van der Waals surface area contributed by atoms with E-state index in [0.717, 1.165) is 25.6 Å². The van der Waals surface area contributed by atoms with E-state index in [9.17, 15) is 4.79 Å². The van der Waals surface area contributed by atoms with E-state index in [1.165, 1.54) is 16.7 Å². The number of rotatable bonds is 9. The molecule has 0 radical (unpaired) electrons. The van der Waals surface area contributed by atoms with E-state index in [0.29, 0.717) is 25.3 Å². The summed E-state index contributed by atoms with van der Waals surface area (Å²) in [7, 11) is 0. The largest absolute Gasteiger partial charge is 0.476 e. The lowest BCUT2D eigenvalue weighted by Crippen LogP contribution is -2.42. The van der Waals surface area contributed by atoms with Crippen molar-refractivity contribution in [3.8, 4) is 0 Å². The van der Waals surface area contributed by atoms with Gasteiger partial charge in [0, 0.05) is 12.5 Å². The molecule has 170 valence electrons. The van der Waals surface area contributed by atoms with Crippen LogP contribution in [0, 0.1) is 10.8 Å². The number of Topliss-reactive ketones (excluding diaryl/α,β-unsaturated/α-hetero) is 1. The van der Waals surface area contributed by atoms with E-state index in [2.05, 4.69) is 33.8 Å². The van der Waals surface area contributed by atoms with E-state index in [-0.39, 0.29) is 29.8 Å². The summed E-state index contributed by atoms with van der Waals surface area (Å²) in [6.07, 6.45) is 8.30. The predicted octanol–water partition coefficient (Wildman–Crippen LogP) is 4.18. The smallest absolute Gasteiger partial charge is 0.323 e. The highest BCUT2D eigenvalue weighted by Crippen LogP contribution is 2.49. The van der Waals surface area contributed by atoms with Crippen molar-refractivity contribution in [2.75, 3.05) is 6.61 Å². The number of carbonyl (C=O) groups is 1. The molecule has 2 rings (SSSR count). The number of hydrogen-bond donors (Lipinski definition) is 2. The number of ether oxygens (including phenoxy) is 1. The number of ketones is 1. The van der Waals surface area contributed by atoms with Gasteiger partial charge in [0.15, 0.2) is 0 Å². The van der Waals surface area contributed by atoms with Crippen LogP contribution in [0.4, 0.5) is 0 Å². The standard InChI is InChI=1S/C23H42BN3O3/c1-8-9-19(28)23(16-29-20(14-25)27(26)17(2)3)12-10-18(11-13-23)24-15-21(4,5)22(6,7)30-24/h10,14,17H,8-9,11-13,15-16,25-26H2,1-7H3/b20-14+. The van der Waals surface area contributed by atoms with Crippen LogP contribution in [0.15, 0.2) is 23.6 Å². The molecule has 0 bridgehead atoms. The number of hydrazine groups is 1. The third kappa shape index (κ3) is 5.05. The molecule has 1 fully saturated rings. The minimum Gasteiger partial charge on any atom is -0.476 e. The maximum Gasteiger partial charge on any atom is 0.323 e. The van der Waals surface area contributed by atoms with Crippen LogP contribution in [0.2, 0.25) is 6.32 Å². The highest BCUT2D eigenvalue weighted by molar-refractivity contribution is 6.61. The molecule has 0 spiro atoms. The van der Waals surface area contributed by atoms with Gasteiger partial charge in [-0.15, -0.1) is 0 Å². The zero-order chi connectivity index (χ0) is 22.7. The quantitative estimate of drug-likeness (QED) is 0.252.